The molecule has 1 aromatic rings. The summed E-state index contributed by atoms with van der Waals surface area (Å²) >= 11 is 3.44. The monoisotopic (exact) mass is 578 g/mol. The first-order valence-corrected chi connectivity index (χ1v) is 16.6. The number of carbonyl (C=O) groups is 1. The normalized spacial score (nSPS) is 24.4. The number of aliphatic imine (C=N–C) groups is 1. The first-order chi connectivity index (χ1) is 15.8. The molecule has 0 aromatic carbocycles. The summed E-state index contributed by atoms with van der Waals surface area (Å²) in [4.78, 5) is 20.6. The molecule has 0 saturated heterocycles. The fraction of sp³-hybridized carbons (Fsp3) is 0.682. The summed E-state index contributed by atoms with van der Waals surface area (Å²) in [5.74, 6) is -0.625. The molecule has 1 aliphatic heterocycles. The summed E-state index contributed by atoms with van der Waals surface area (Å²) in [7, 11) is -5.30. The maximum Gasteiger partial charge on any atom is 0.410 e. The highest BCUT2D eigenvalue weighted by Gasteiger charge is 2.51. The number of amidine groups is 1. The molecule has 34 heavy (non-hydrogen) atoms. The summed E-state index contributed by atoms with van der Waals surface area (Å²) in [6.45, 7) is 11.1. The van der Waals surface area contributed by atoms with Crippen LogP contribution < -0.4 is 10.5 Å². The average molecular weight is 580 g/mol. The van der Waals surface area contributed by atoms with E-state index in [0.29, 0.717) is 16.2 Å². The Hall–Kier alpha value is -1.37. The number of nitrogens with one attached hydrogen (secondary N) is 1. The van der Waals surface area contributed by atoms with E-state index < -0.39 is 40.0 Å². The van der Waals surface area contributed by atoms with Gasteiger partial charge in [-0.1, -0.05) is 38.9 Å². The van der Waals surface area contributed by atoms with Crippen molar-refractivity contribution in [2.45, 2.75) is 76.4 Å². The van der Waals surface area contributed by atoms with Crippen LogP contribution in [0.4, 0.5) is 9.18 Å². The minimum Gasteiger partial charge on any atom is -0.465 e. The molecule has 1 aliphatic rings. The Bertz CT molecular complexity index is 1080. The molecule has 1 amide bonds. The number of hydrogen-bond acceptors (Lipinski definition) is 6. The van der Waals surface area contributed by atoms with E-state index in [0.717, 1.165) is 18.1 Å². The van der Waals surface area contributed by atoms with Crippen molar-refractivity contribution < 1.29 is 23.6 Å². The number of aromatic nitrogens is 1. The van der Waals surface area contributed by atoms with Crippen LogP contribution in [0.3, 0.4) is 0 Å². The van der Waals surface area contributed by atoms with Crippen LogP contribution in [0.15, 0.2) is 20.0 Å². The van der Waals surface area contributed by atoms with Crippen molar-refractivity contribution in [3.8, 4) is 0 Å². The van der Waals surface area contributed by atoms with Gasteiger partial charge in [-0.05, 0) is 54.4 Å². The van der Waals surface area contributed by atoms with Crippen LogP contribution in [-0.4, -0.2) is 63.1 Å². The third kappa shape index (κ3) is 5.24. The maximum atomic E-state index is 16.3. The first-order valence-electron chi connectivity index (χ1n) is 11.5. The third-order valence-electron chi connectivity index (χ3n) is 7.08. The van der Waals surface area contributed by atoms with Gasteiger partial charge in [-0.25, -0.2) is 22.7 Å². The second kappa shape index (κ2) is 10.7. The number of rotatable bonds is 8. The van der Waals surface area contributed by atoms with E-state index >= 15 is 4.39 Å². The van der Waals surface area contributed by atoms with Crippen LogP contribution in [0.1, 0.15) is 53.7 Å². The van der Waals surface area contributed by atoms with Crippen molar-refractivity contribution in [1.29, 1.82) is 0 Å². The van der Waals surface area contributed by atoms with E-state index in [1.54, 1.807) is 26.8 Å². The lowest BCUT2D eigenvalue weighted by molar-refractivity contribution is 0.199. The molecule has 3 N–H and O–H groups in total. The van der Waals surface area contributed by atoms with Crippen LogP contribution in [-0.2, 0) is 15.3 Å². The molecule has 0 aliphatic carbocycles. The highest BCUT2D eigenvalue weighted by Crippen LogP contribution is 2.39. The van der Waals surface area contributed by atoms with Gasteiger partial charge in [0.25, 0.3) is 0 Å². The van der Waals surface area contributed by atoms with Crippen LogP contribution in [0.2, 0.25) is 18.1 Å². The largest absolute Gasteiger partial charge is 0.465 e. The Kier molecular flexibility index (Phi) is 9.09. The van der Waals surface area contributed by atoms with Gasteiger partial charge in [-0.2, -0.15) is 0 Å². The zero-order valence-corrected chi connectivity index (χ0v) is 24.1. The molecule has 0 fully saturated rings. The van der Waals surface area contributed by atoms with Crippen LogP contribution in [0, 0.1) is 5.82 Å². The summed E-state index contributed by atoms with van der Waals surface area (Å²) in [5.41, 5.74) is -1.38. The minimum absolute atomic E-state index is 0.0365. The molecule has 2 atom stereocenters. The lowest BCUT2D eigenvalue weighted by atomic mass is 9.98. The summed E-state index contributed by atoms with van der Waals surface area (Å²) in [5, 5.41) is 21.5. The van der Waals surface area contributed by atoms with E-state index in [9.17, 15) is 19.2 Å². The number of aliphatic hydroxyl groups excluding tert-OH is 1. The molecule has 192 valence electrons. The predicted molar refractivity (Wildman–Crippen MR) is 141 cm³/mol. The zero-order chi connectivity index (χ0) is 25.9. The number of nitrogens with zero attached hydrogens (tertiary/aromatic N) is 3. The molecule has 8 nitrogen and oxygen atoms in total. The number of carboxylic acid groups (broad SMARTS) is 1. The van der Waals surface area contributed by atoms with Crippen molar-refractivity contribution in [1.82, 2.24) is 10.3 Å². The van der Waals surface area contributed by atoms with Gasteiger partial charge in [0, 0.05) is 6.61 Å². The number of amides is 1. The summed E-state index contributed by atoms with van der Waals surface area (Å²) in [6, 6.07) is 4.33. The molecule has 1 aromatic heterocycles. The number of pyridine rings is 1. The van der Waals surface area contributed by atoms with Gasteiger partial charge in [0.05, 0.1) is 30.1 Å². The van der Waals surface area contributed by atoms with Gasteiger partial charge in [-0.3, -0.25) is 10.3 Å². The molecule has 12 heteroatoms. The van der Waals surface area contributed by atoms with Gasteiger partial charge in [-0.15, -0.1) is 0 Å². The van der Waals surface area contributed by atoms with E-state index in [2.05, 4.69) is 56.4 Å². The van der Waals surface area contributed by atoms with Gasteiger partial charge in [0.1, 0.15) is 32.2 Å². The Morgan fingerprint density at radius 1 is 1.29 bits per heavy atom. The smallest absolute Gasteiger partial charge is 0.410 e. The van der Waals surface area contributed by atoms with Gasteiger partial charge in [0.15, 0.2) is 0 Å². The number of halogens is 2. The number of aliphatic hydroxyl groups is 1. The fourth-order valence-electron chi connectivity index (χ4n) is 4.58. The molecule has 0 unspecified atom stereocenters. The zero-order valence-electron chi connectivity index (χ0n) is 20.7. The third-order valence-corrected chi connectivity index (χ3v) is 16.4. The Labute approximate surface area is 211 Å². The van der Waals surface area contributed by atoms with Crippen molar-refractivity contribution in [3.05, 3.63) is 22.2 Å². The topological polar surface area (TPSA) is 124 Å². The summed E-state index contributed by atoms with van der Waals surface area (Å²) in [6.07, 6.45) is -1.04. The maximum absolute atomic E-state index is 16.3. The predicted octanol–water partition coefficient (Wildman–Crippen LogP) is 4.22. The van der Waals surface area contributed by atoms with E-state index in [1.807, 2.05) is 0 Å². The Balaban J connectivity index is 2.87. The molecule has 0 saturated carbocycles. The molecule has 0 spiro atoms. The fourth-order valence-corrected chi connectivity index (χ4v) is 11.4. The molecule has 2 rings (SSSR count). The van der Waals surface area contributed by atoms with E-state index in [-0.39, 0.29) is 30.4 Å². The molecule has 2 heterocycles. The van der Waals surface area contributed by atoms with Crippen LogP contribution >= 0.6 is 15.9 Å². The lowest BCUT2D eigenvalue weighted by Crippen LogP contribution is -2.58. The van der Waals surface area contributed by atoms with Gasteiger partial charge >= 0.3 is 6.09 Å². The molecular formula is C22H36BrFN4O4SSi. The van der Waals surface area contributed by atoms with E-state index in [1.165, 1.54) is 0 Å². The first kappa shape index (κ1) is 28.9. The lowest BCUT2D eigenvalue weighted by Gasteiger charge is -2.41. The van der Waals surface area contributed by atoms with Crippen molar-refractivity contribution >= 4 is 50.8 Å². The van der Waals surface area contributed by atoms with Crippen molar-refractivity contribution in [2.75, 3.05) is 18.9 Å². The molecule has 0 radical (unpaired) electrons. The highest BCUT2D eigenvalue weighted by molar-refractivity contribution is 9.10. The average Bonchev–Trinajstić information content (AvgIpc) is 2.75. The Morgan fingerprint density at radius 2 is 1.88 bits per heavy atom. The Morgan fingerprint density at radius 3 is 2.38 bits per heavy atom. The van der Waals surface area contributed by atoms with Crippen molar-refractivity contribution in [3.63, 3.8) is 0 Å². The second-order valence-electron chi connectivity index (χ2n) is 9.39. The standard InChI is InChI=1S/C22H36BrFN4O4SSi/c1-7-34(8-2,9-3)15-13-16(23)26-18(17(15)24)22(6)14-33(32,25-11-10-12-29)21(4,5)19(28-22)27-20(30)31/h13,29H,7-12,14H2,1-6H3,(H,27,28)(H,30,31)/t22-,33-/m0/s1. The second-order valence-corrected chi connectivity index (χ2v) is 18.3. The van der Waals surface area contributed by atoms with Gasteiger partial charge in [0.2, 0.25) is 0 Å². The summed E-state index contributed by atoms with van der Waals surface area (Å²) < 4.78 is 34.1. The molecular weight excluding hydrogens is 543 g/mol. The molecule has 0 bridgehead atoms. The SMILES string of the molecule is CC[Si](CC)(CC)c1cc(Br)nc([C@]2(C)C[S@@](=O)(=NCCCO)C(C)(C)C(NC(=O)O)=N2)c1F. The van der Waals surface area contributed by atoms with E-state index in [4.69, 9.17) is 0 Å². The van der Waals surface area contributed by atoms with Crippen LogP contribution in [0.5, 0.6) is 0 Å². The quantitative estimate of drug-likeness (QED) is 0.242. The highest BCUT2D eigenvalue weighted by atomic mass is 79.9. The number of hydrogen-bond donors (Lipinski definition) is 3. The van der Waals surface area contributed by atoms with Crippen molar-refractivity contribution in [2.24, 2.45) is 9.36 Å². The van der Waals surface area contributed by atoms with Crippen LogP contribution in [0.25, 0.3) is 0 Å². The minimum atomic E-state index is -3.14. The van der Waals surface area contributed by atoms with Gasteiger partial charge < -0.3 is 10.2 Å².